The van der Waals surface area contributed by atoms with Gasteiger partial charge in [0.2, 0.25) is 0 Å². The van der Waals surface area contributed by atoms with E-state index in [-0.39, 0.29) is 23.7 Å². The van der Waals surface area contributed by atoms with Crippen LogP contribution in [0.1, 0.15) is 24.2 Å². The van der Waals surface area contributed by atoms with Crippen molar-refractivity contribution in [3.05, 3.63) is 35.6 Å². The Morgan fingerprint density at radius 1 is 1.29 bits per heavy atom. The van der Waals surface area contributed by atoms with Crippen LogP contribution in [-0.2, 0) is 4.74 Å². The SMILES string of the molecule is CC1CN(C(=O)c2ccccc2F)CC(C)O1. The van der Waals surface area contributed by atoms with Crippen molar-refractivity contribution >= 4 is 5.91 Å². The van der Waals surface area contributed by atoms with E-state index in [9.17, 15) is 9.18 Å². The summed E-state index contributed by atoms with van der Waals surface area (Å²) in [6, 6.07) is 6.07. The summed E-state index contributed by atoms with van der Waals surface area (Å²) in [6.45, 7) is 4.85. The molecule has 1 aliphatic heterocycles. The predicted octanol–water partition coefficient (Wildman–Crippen LogP) is 2.08. The highest BCUT2D eigenvalue weighted by atomic mass is 19.1. The van der Waals surface area contributed by atoms with Crippen LogP contribution < -0.4 is 0 Å². The van der Waals surface area contributed by atoms with Crippen molar-refractivity contribution in [1.29, 1.82) is 0 Å². The Labute approximate surface area is 100 Å². The van der Waals surface area contributed by atoms with Gasteiger partial charge in [0, 0.05) is 13.1 Å². The van der Waals surface area contributed by atoms with E-state index in [4.69, 9.17) is 4.74 Å². The lowest BCUT2D eigenvalue weighted by Gasteiger charge is -2.35. The minimum atomic E-state index is -0.468. The molecular formula is C13H16FNO2. The van der Waals surface area contributed by atoms with Gasteiger partial charge in [-0.2, -0.15) is 0 Å². The van der Waals surface area contributed by atoms with Crippen molar-refractivity contribution in [3.8, 4) is 0 Å². The lowest BCUT2D eigenvalue weighted by molar-refractivity contribution is -0.0587. The van der Waals surface area contributed by atoms with E-state index in [0.717, 1.165) is 0 Å². The van der Waals surface area contributed by atoms with Crippen LogP contribution in [0, 0.1) is 5.82 Å². The largest absolute Gasteiger partial charge is 0.372 e. The fourth-order valence-corrected chi connectivity index (χ4v) is 2.15. The molecule has 1 fully saturated rings. The number of carbonyl (C=O) groups excluding carboxylic acids is 1. The Morgan fingerprint density at radius 2 is 1.88 bits per heavy atom. The second-order valence-electron chi connectivity index (χ2n) is 4.45. The number of halogens is 1. The number of hydrogen-bond acceptors (Lipinski definition) is 2. The van der Waals surface area contributed by atoms with Gasteiger partial charge in [0.05, 0.1) is 17.8 Å². The van der Waals surface area contributed by atoms with Gasteiger partial charge in [-0.25, -0.2) is 4.39 Å². The van der Waals surface area contributed by atoms with E-state index in [1.165, 1.54) is 12.1 Å². The molecule has 2 rings (SSSR count). The molecular weight excluding hydrogens is 221 g/mol. The summed E-state index contributed by atoms with van der Waals surface area (Å²) in [5.74, 6) is -0.727. The van der Waals surface area contributed by atoms with Crippen LogP contribution in [-0.4, -0.2) is 36.1 Å². The Bertz CT molecular complexity index is 412. The zero-order chi connectivity index (χ0) is 12.4. The molecule has 0 aliphatic carbocycles. The average Bonchev–Trinajstić information content (AvgIpc) is 2.27. The van der Waals surface area contributed by atoms with E-state index >= 15 is 0 Å². The lowest BCUT2D eigenvalue weighted by Crippen LogP contribution is -2.48. The van der Waals surface area contributed by atoms with E-state index in [0.29, 0.717) is 13.1 Å². The van der Waals surface area contributed by atoms with Crippen molar-refractivity contribution in [2.45, 2.75) is 26.1 Å². The van der Waals surface area contributed by atoms with Crippen LogP contribution in [0.4, 0.5) is 4.39 Å². The quantitative estimate of drug-likeness (QED) is 0.748. The second kappa shape index (κ2) is 4.84. The van der Waals surface area contributed by atoms with E-state index in [1.54, 1.807) is 17.0 Å². The van der Waals surface area contributed by atoms with Crippen molar-refractivity contribution < 1.29 is 13.9 Å². The number of amides is 1. The summed E-state index contributed by atoms with van der Waals surface area (Å²) in [6.07, 6.45) is -0.0102. The third kappa shape index (κ3) is 2.64. The molecule has 0 aromatic heterocycles. The van der Waals surface area contributed by atoms with E-state index in [2.05, 4.69) is 0 Å². The highest BCUT2D eigenvalue weighted by molar-refractivity contribution is 5.94. The van der Waals surface area contributed by atoms with Gasteiger partial charge < -0.3 is 9.64 Å². The summed E-state index contributed by atoms with van der Waals surface area (Å²) < 4.78 is 19.1. The van der Waals surface area contributed by atoms with Crippen LogP contribution >= 0.6 is 0 Å². The first-order valence-electron chi connectivity index (χ1n) is 5.77. The maximum absolute atomic E-state index is 13.5. The molecule has 17 heavy (non-hydrogen) atoms. The first kappa shape index (κ1) is 12.0. The number of nitrogens with zero attached hydrogens (tertiary/aromatic N) is 1. The number of morpholine rings is 1. The minimum absolute atomic E-state index is 0.00512. The summed E-state index contributed by atoms with van der Waals surface area (Å²) in [5.41, 5.74) is 0.133. The molecule has 1 aromatic carbocycles. The Kier molecular flexibility index (Phi) is 3.43. The Balaban J connectivity index is 2.17. The molecule has 2 atom stereocenters. The predicted molar refractivity (Wildman–Crippen MR) is 62.3 cm³/mol. The van der Waals surface area contributed by atoms with Crippen LogP contribution in [0.5, 0.6) is 0 Å². The maximum Gasteiger partial charge on any atom is 0.257 e. The van der Waals surface area contributed by atoms with Crippen molar-refractivity contribution in [2.24, 2.45) is 0 Å². The average molecular weight is 237 g/mol. The fourth-order valence-electron chi connectivity index (χ4n) is 2.15. The first-order chi connectivity index (χ1) is 8.08. The second-order valence-corrected chi connectivity index (χ2v) is 4.45. The van der Waals surface area contributed by atoms with Crippen molar-refractivity contribution in [3.63, 3.8) is 0 Å². The summed E-state index contributed by atoms with van der Waals surface area (Å²) >= 11 is 0. The highest BCUT2D eigenvalue weighted by Gasteiger charge is 2.27. The summed E-state index contributed by atoms with van der Waals surface area (Å²) in [5, 5.41) is 0. The maximum atomic E-state index is 13.5. The fraction of sp³-hybridized carbons (Fsp3) is 0.462. The molecule has 4 heteroatoms. The molecule has 1 saturated heterocycles. The van der Waals surface area contributed by atoms with Crippen molar-refractivity contribution in [2.75, 3.05) is 13.1 Å². The molecule has 0 N–H and O–H groups in total. The van der Waals surface area contributed by atoms with Gasteiger partial charge in [-0.1, -0.05) is 12.1 Å². The van der Waals surface area contributed by atoms with Gasteiger partial charge in [-0.05, 0) is 26.0 Å². The molecule has 1 heterocycles. The standard InChI is InChI=1S/C13H16FNO2/c1-9-7-15(8-10(2)17-9)13(16)11-5-3-4-6-12(11)14/h3-6,9-10H,7-8H2,1-2H3. The van der Waals surface area contributed by atoms with Gasteiger partial charge in [0.15, 0.2) is 0 Å². The molecule has 0 radical (unpaired) electrons. The molecule has 0 bridgehead atoms. The Hall–Kier alpha value is -1.42. The third-order valence-electron chi connectivity index (χ3n) is 2.81. The molecule has 2 unspecified atom stereocenters. The summed E-state index contributed by atoms with van der Waals surface area (Å²) in [7, 11) is 0. The molecule has 1 aromatic rings. The minimum Gasteiger partial charge on any atom is -0.372 e. The van der Waals surface area contributed by atoms with Crippen LogP contribution in [0.25, 0.3) is 0 Å². The van der Waals surface area contributed by atoms with Gasteiger partial charge in [-0.3, -0.25) is 4.79 Å². The van der Waals surface area contributed by atoms with Gasteiger partial charge in [-0.15, -0.1) is 0 Å². The molecule has 0 saturated carbocycles. The number of ether oxygens (including phenoxy) is 1. The Morgan fingerprint density at radius 3 is 2.47 bits per heavy atom. The normalized spacial score (nSPS) is 24.8. The number of benzene rings is 1. The zero-order valence-electron chi connectivity index (χ0n) is 10.0. The van der Waals surface area contributed by atoms with Crippen LogP contribution in [0.3, 0.4) is 0 Å². The monoisotopic (exact) mass is 237 g/mol. The van der Waals surface area contributed by atoms with Gasteiger partial charge in [0.1, 0.15) is 5.82 Å². The third-order valence-corrected chi connectivity index (χ3v) is 2.81. The number of hydrogen-bond donors (Lipinski definition) is 0. The number of rotatable bonds is 1. The van der Waals surface area contributed by atoms with Crippen LogP contribution in [0.15, 0.2) is 24.3 Å². The van der Waals surface area contributed by atoms with E-state index < -0.39 is 5.82 Å². The molecule has 3 nitrogen and oxygen atoms in total. The molecule has 92 valence electrons. The molecule has 0 spiro atoms. The van der Waals surface area contributed by atoms with Gasteiger partial charge in [0.25, 0.3) is 5.91 Å². The van der Waals surface area contributed by atoms with Crippen LogP contribution in [0.2, 0.25) is 0 Å². The molecule has 1 amide bonds. The zero-order valence-corrected chi connectivity index (χ0v) is 10.0. The van der Waals surface area contributed by atoms with Gasteiger partial charge >= 0.3 is 0 Å². The smallest absolute Gasteiger partial charge is 0.257 e. The van der Waals surface area contributed by atoms with Crippen molar-refractivity contribution in [1.82, 2.24) is 4.90 Å². The highest BCUT2D eigenvalue weighted by Crippen LogP contribution is 2.16. The number of carbonyl (C=O) groups is 1. The molecule has 1 aliphatic rings. The van der Waals surface area contributed by atoms with E-state index in [1.807, 2.05) is 13.8 Å². The topological polar surface area (TPSA) is 29.5 Å². The summed E-state index contributed by atoms with van der Waals surface area (Å²) in [4.78, 5) is 13.8. The lowest BCUT2D eigenvalue weighted by atomic mass is 10.1. The first-order valence-corrected chi connectivity index (χ1v) is 5.77.